The fourth-order valence-electron chi connectivity index (χ4n) is 0.734. The Morgan fingerprint density at radius 3 is 2.15 bits per heavy atom. The van der Waals surface area contributed by atoms with E-state index in [1.807, 2.05) is 20.8 Å². The van der Waals surface area contributed by atoms with Crippen molar-refractivity contribution in [1.29, 1.82) is 0 Å². The summed E-state index contributed by atoms with van der Waals surface area (Å²) in [6, 6.07) is 0. The molecule has 0 heterocycles. The van der Waals surface area contributed by atoms with E-state index in [0.29, 0.717) is 5.76 Å². The summed E-state index contributed by atoms with van der Waals surface area (Å²) in [6.07, 6.45) is 0.907. The molecule has 0 aromatic heterocycles. The highest BCUT2D eigenvalue weighted by Gasteiger charge is 1.99. The summed E-state index contributed by atoms with van der Waals surface area (Å²) in [5.74, 6) is 0.265. The van der Waals surface area contributed by atoms with Crippen molar-refractivity contribution >= 4 is 11.7 Å². The number of hydrogen-bond donors (Lipinski definition) is 0. The third-order valence-corrected chi connectivity index (χ3v) is 1.68. The van der Waals surface area contributed by atoms with Gasteiger partial charge in [-0.2, -0.15) is 0 Å². The van der Waals surface area contributed by atoms with Crippen LogP contribution in [0.15, 0.2) is 16.4 Å². The number of esters is 1. The van der Waals surface area contributed by atoms with Crippen LogP contribution in [0.3, 0.4) is 0 Å². The molecule has 0 bridgehead atoms. The summed E-state index contributed by atoms with van der Waals surface area (Å²) in [6.45, 7) is 8.94. The number of nitrogens with zero attached hydrogens (tertiary/aromatic N) is 1. The number of hydrogen-bond acceptors (Lipinski definition) is 3. The highest BCUT2D eigenvalue weighted by atomic mass is 16.5. The SMILES string of the molecule is CCC(C)=N/C(C)=C(/C)OC(C)=O. The standard InChI is InChI=1S/C10H17NO2/c1-6-7(2)11-8(3)9(4)13-10(5)12/h6H2,1-5H3/b9-8-,11-7?. The molecule has 0 fully saturated rings. The van der Waals surface area contributed by atoms with Gasteiger partial charge in [0.05, 0.1) is 5.70 Å². The van der Waals surface area contributed by atoms with Crippen molar-refractivity contribution in [3.05, 3.63) is 11.5 Å². The van der Waals surface area contributed by atoms with Crippen LogP contribution in [0.4, 0.5) is 0 Å². The van der Waals surface area contributed by atoms with Gasteiger partial charge in [0, 0.05) is 12.6 Å². The molecule has 0 aliphatic carbocycles. The van der Waals surface area contributed by atoms with Crippen LogP contribution < -0.4 is 0 Å². The number of aliphatic imine (C=N–C) groups is 1. The maximum absolute atomic E-state index is 10.6. The lowest BCUT2D eigenvalue weighted by Gasteiger charge is -2.03. The van der Waals surface area contributed by atoms with Crippen LogP contribution in [0.2, 0.25) is 0 Å². The molecule has 0 spiro atoms. The molecule has 0 atom stereocenters. The summed E-state index contributed by atoms with van der Waals surface area (Å²) in [7, 11) is 0. The van der Waals surface area contributed by atoms with Gasteiger partial charge in [-0.1, -0.05) is 6.92 Å². The zero-order chi connectivity index (χ0) is 10.4. The van der Waals surface area contributed by atoms with Crippen LogP contribution >= 0.6 is 0 Å². The summed E-state index contributed by atoms with van der Waals surface area (Å²) in [5, 5.41) is 0. The van der Waals surface area contributed by atoms with Gasteiger partial charge in [0.1, 0.15) is 5.76 Å². The minimum absolute atomic E-state index is 0.304. The third-order valence-electron chi connectivity index (χ3n) is 1.68. The van der Waals surface area contributed by atoms with Crippen molar-refractivity contribution in [2.45, 2.75) is 41.0 Å². The lowest BCUT2D eigenvalue weighted by atomic mass is 10.3. The first-order chi connectivity index (χ1) is 5.97. The molecule has 0 saturated carbocycles. The van der Waals surface area contributed by atoms with Crippen molar-refractivity contribution in [3.8, 4) is 0 Å². The molecule has 0 aliphatic heterocycles. The average Bonchev–Trinajstić information content (AvgIpc) is 2.02. The van der Waals surface area contributed by atoms with Crippen LogP contribution in [-0.2, 0) is 9.53 Å². The normalized spacial score (nSPS) is 13.8. The molecular formula is C10H17NO2. The van der Waals surface area contributed by atoms with Gasteiger partial charge >= 0.3 is 5.97 Å². The fraction of sp³-hybridized carbons (Fsp3) is 0.600. The number of carbonyl (C=O) groups is 1. The molecule has 74 valence electrons. The Labute approximate surface area is 79.5 Å². The van der Waals surface area contributed by atoms with Gasteiger partial charge in [-0.05, 0) is 27.2 Å². The van der Waals surface area contributed by atoms with E-state index in [9.17, 15) is 4.79 Å². The highest BCUT2D eigenvalue weighted by molar-refractivity contribution is 5.82. The predicted molar refractivity (Wildman–Crippen MR) is 53.5 cm³/mol. The largest absolute Gasteiger partial charge is 0.430 e. The Kier molecular flexibility index (Phi) is 5.04. The predicted octanol–water partition coefficient (Wildman–Crippen LogP) is 2.67. The van der Waals surface area contributed by atoms with E-state index in [4.69, 9.17) is 4.74 Å². The second-order valence-corrected chi connectivity index (χ2v) is 2.94. The molecule has 3 heteroatoms. The third kappa shape index (κ3) is 5.17. The van der Waals surface area contributed by atoms with E-state index in [-0.39, 0.29) is 5.97 Å². The number of allylic oxidation sites excluding steroid dienone is 2. The lowest BCUT2D eigenvalue weighted by Crippen LogP contribution is -1.98. The average molecular weight is 183 g/mol. The Balaban J connectivity index is 4.52. The van der Waals surface area contributed by atoms with Gasteiger partial charge in [-0.15, -0.1) is 0 Å². The smallest absolute Gasteiger partial charge is 0.307 e. The molecule has 0 rings (SSSR count). The van der Waals surface area contributed by atoms with Crippen molar-refractivity contribution in [2.75, 3.05) is 0 Å². The maximum Gasteiger partial charge on any atom is 0.307 e. The van der Waals surface area contributed by atoms with Gasteiger partial charge < -0.3 is 4.74 Å². The van der Waals surface area contributed by atoms with Crippen LogP contribution in [0.5, 0.6) is 0 Å². The van der Waals surface area contributed by atoms with Crippen molar-refractivity contribution < 1.29 is 9.53 Å². The van der Waals surface area contributed by atoms with Gasteiger partial charge in [-0.3, -0.25) is 9.79 Å². The zero-order valence-electron chi connectivity index (χ0n) is 8.97. The first-order valence-electron chi connectivity index (χ1n) is 4.37. The van der Waals surface area contributed by atoms with E-state index in [1.165, 1.54) is 6.92 Å². The van der Waals surface area contributed by atoms with Crippen molar-refractivity contribution in [3.63, 3.8) is 0 Å². The van der Waals surface area contributed by atoms with Crippen LogP contribution in [0.25, 0.3) is 0 Å². The molecule has 0 amide bonds. The minimum Gasteiger partial charge on any atom is -0.430 e. The number of ether oxygens (including phenoxy) is 1. The van der Waals surface area contributed by atoms with Gasteiger partial charge in [-0.25, -0.2) is 0 Å². The second kappa shape index (κ2) is 5.51. The fourth-order valence-corrected chi connectivity index (χ4v) is 0.734. The van der Waals surface area contributed by atoms with E-state index in [2.05, 4.69) is 4.99 Å². The first-order valence-corrected chi connectivity index (χ1v) is 4.37. The van der Waals surface area contributed by atoms with E-state index >= 15 is 0 Å². The highest BCUT2D eigenvalue weighted by Crippen LogP contribution is 2.07. The molecular weight excluding hydrogens is 166 g/mol. The number of rotatable bonds is 3. The molecule has 0 aliphatic rings. The minimum atomic E-state index is -0.304. The van der Waals surface area contributed by atoms with Crippen LogP contribution in [-0.4, -0.2) is 11.7 Å². The lowest BCUT2D eigenvalue weighted by molar-refractivity contribution is -0.136. The quantitative estimate of drug-likeness (QED) is 0.383. The second-order valence-electron chi connectivity index (χ2n) is 2.94. The summed E-state index contributed by atoms with van der Waals surface area (Å²) in [5.41, 5.74) is 1.79. The molecule has 0 aromatic rings. The number of carbonyl (C=O) groups excluding carboxylic acids is 1. The van der Waals surface area contributed by atoms with Gasteiger partial charge in [0.15, 0.2) is 0 Å². The molecule has 0 aromatic carbocycles. The van der Waals surface area contributed by atoms with Crippen molar-refractivity contribution in [2.24, 2.45) is 4.99 Å². The monoisotopic (exact) mass is 183 g/mol. The molecule has 0 unspecified atom stereocenters. The molecule has 0 saturated heterocycles. The van der Waals surface area contributed by atoms with Crippen LogP contribution in [0, 0.1) is 0 Å². The Bertz CT molecular complexity index is 252. The topological polar surface area (TPSA) is 38.7 Å². The summed E-state index contributed by atoms with van der Waals surface area (Å²) >= 11 is 0. The molecule has 3 nitrogen and oxygen atoms in total. The van der Waals surface area contributed by atoms with E-state index < -0.39 is 0 Å². The molecule has 13 heavy (non-hydrogen) atoms. The summed E-state index contributed by atoms with van der Waals surface area (Å²) in [4.78, 5) is 14.9. The maximum atomic E-state index is 10.6. The van der Waals surface area contributed by atoms with E-state index in [0.717, 1.165) is 17.8 Å². The Hall–Kier alpha value is -1.12. The van der Waals surface area contributed by atoms with E-state index in [1.54, 1.807) is 6.92 Å². The molecule has 0 radical (unpaired) electrons. The van der Waals surface area contributed by atoms with Crippen LogP contribution in [0.1, 0.15) is 41.0 Å². The van der Waals surface area contributed by atoms with Gasteiger partial charge in [0.25, 0.3) is 0 Å². The Morgan fingerprint density at radius 1 is 1.23 bits per heavy atom. The van der Waals surface area contributed by atoms with Gasteiger partial charge in [0.2, 0.25) is 0 Å². The summed E-state index contributed by atoms with van der Waals surface area (Å²) < 4.78 is 4.89. The Morgan fingerprint density at radius 2 is 1.77 bits per heavy atom. The zero-order valence-corrected chi connectivity index (χ0v) is 8.97. The van der Waals surface area contributed by atoms with Crippen molar-refractivity contribution in [1.82, 2.24) is 0 Å². The first kappa shape index (κ1) is 11.9. The molecule has 0 N–H and O–H groups in total.